The van der Waals surface area contributed by atoms with Gasteiger partial charge in [0, 0.05) is 11.6 Å². The summed E-state index contributed by atoms with van der Waals surface area (Å²) in [7, 11) is 0. The van der Waals surface area contributed by atoms with Gasteiger partial charge in [-0.2, -0.15) is 0 Å². The van der Waals surface area contributed by atoms with Gasteiger partial charge < -0.3 is 0 Å². The van der Waals surface area contributed by atoms with E-state index in [2.05, 4.69) is 20.8 Å². The summed E-state index contributed by atoms with van der Waals surface area (Å²) in [6, 6.07) is 5.37. The highest BCUT2D eigenvalue weighted by Crippen LogP contribution is 2.32. The van der Waals surface area contributed by atoms with Crippen LogP contribution < -0.4 is 0 Å². The molecule has 0 spiro atoms. The zero-order valence-corrected chi connectivity index (χ0v) is 10.4. The van der Waals surface area contributed by atoms with E-state index in [1.807, 2.05) is 13.0 Å². The number of nitro benzene ring substituents is 1. The van der Waals surface area contributed by atoms with E-state index in [1.165, 1.54) is 0 Å². The van der Waals surface area contributed by atoms with E-state index in [9.17, 15) is 10.1 Å². The van der Waals surface area contributed by atoms with E-state index in [-0.39, 0.29) is 16.0 Å². The fourth-order valence-electron chi connectivity index (χ4n) is 1.96. The second kappa shape index (κ2) is 4.64. The molecule has 0 saturated carbocycles. The molecule has 0 unspecified atom stereocenters. The van der Waals surface area contributed by atoms with E-state index in [0.717, 1.165) is 24.0 Å². The number of rotatable bonds is 3. The summed E-state index contributed by atoms with van der Waals surface area (Å²) in [5.74, 6) is 0. The first-order chi connectivity index (χ1) is 7.38. The van der Waals surface area contributed by atoms with Crippen LogP contribution in [0.3, 0.4) is 0 Å². The standard InChI is InChI=1S/C13H19NO2/c1-5-7-10-11(13(2,3)4)8-6-9-12(10)14(15)16/h6,8-9H,5,7H2,1-4H3. The lowest BCUT2D eigenvalue weighted by atomic mass is 9.82. The maximum atomic E-state index is 11.0. The van der Waals surface area contributed by atoms with Crippen LogP contribution in [0.1, 0.15) is 45.2 Å². The van der Waals surface area contributed by atoms with Gasteiger partial charge in [-0.25, -0.2) is 0 Å². The van der Waals surface area contributed by atoms with Crippen molar-refractivity contribution in [3.8, 4) is 0 Å². The van der Waals surface area contributed by atoms with Gasteiger partial charge in [-0.1, -0.05) is 46.2 Å². The van der Waals surface area contributed by atoms with Crippen LogP contribution >= 0.6 is 0 Å². The van der Waals surface area contributed by atoms with Crippen LogP contribution in [0.4, 0.5) is 5.69 Å². The molecule has 0 radical (unpaired) electrons. The van der Waals surface area contributed by atoms with Crippen LogP contribution in [0.5, 0.6) is 0 Å². The first kappa shape index (κ1) is 12.7. The SMILES string of the molecule is CCCc1c([N+](=O)[O-])cccc1C(C)(C)C. The monoisotopic (exact) mass is 221 g/mol. The van der Waals surface area contributed by atoms with Gasteiger partial charge in [-0.15, -0.1) is 0 Å². The van der Waals surface area contributed by atoms with Crippen molar-refractivity contribution >= 4 is 5.69 Å². The largest absolute Gasteiger partial charge is 0.272 e. The quantitative estimate of drug-likeness (QED) is 0.574. The average Bonchev–Trinajstić information content (AvgIpc) is 2.16. The molecule has 1 aromatic rings. The summed E-state index contributed by atoms with van der Waals surface area (Å²) in [5.41, 5.74) is 2.19. The van der Waals surface area contributed by atoms with Crippen molar-refractivity contribution < 1.29 is 4.92 Å². The molecule has 0 atom stereocenters. The minimum absolute atomic E-state index is 0.0451. The van der Waals surface area contributed by atoms with E-state index in [0.29, 0.717) is 0 Å². The van der Waals surface area contributed by atoms with Gasteiger partial charge in [-0.3, -0.25) is 10.1 Å². The smallest absolute Gasteiger partial charge is 0.258 e. The Morgan fingerprint density at radius 2 is 1.94 bits per heavy atom. The van der Waals surface area contributed by atoms with Crippen molar-refractivity contribution in [3.05, 3.63) is 39.4 Å². The third-order valence-electron chi connectivity index (χ3n) is 2.66. The number of hydrogen-bond acceptors (Lipinski definition) is 2. The van der Waals surface area contributed by atoms with Crippen molar-refractivity contribution in [2.24, 2.45) is 0 Å². The van der Waals surface area contributed by atoms with Crippen molar-refractivity contribution in [2.45, 2.75) is 46.0 Å². The summed E-state index contributed by atoms with van der Waals surface area (Å²) in [6.45, 7) is 8.31. The van der Waals surface area contributed by atoms with E-state index < -0.39 is 0 Å². The Labute approximate surface area is 96.6 Å². The molecule has 3 nitrogen and oxygen atoms in total. The van der Waals surface area contributed by atoms with Crippen molar-refractivity contribution in [3.63, 3.8) is 0 Å². The first-order valence-corrected chi connectivity index (χ1v) is 5.64. The molecule has 0 aliphatic rings. The Balaban J connectivity index is 3.38. The Morgan fingerprint density at radius 3 is 2.38 bits per heavy atom. The van der Waals surface area contributed by atoms with Gasteiger partial charge in [0.15, 0.2) is 0 Å². The summed E-state index contributed by atoms with van der Waals surface area (Å²) in [5, 5.41) is 11.0. The highest BCUT2D eigenvalue weighted by atomic mass is 16.6. The molecule has 0 aliphatic heterocycles. The van der Waals surface area contributed by atoms with E-state index >= 15 is 0 Å². The fraction of sp³-hybridized carbons (Fsp3) is 0.538. The van der Waals surface area contributed by atoms with Gasteiger partial charge in [0.05, 0.1) is 4.92 Å². The maximum absolute atomic E-state index is 11.0. The molecule has 0 fully saturated rings. The minimum atomic E-state index is -0.278. The molecule has 1 rings (SSSR count). The first-order valence-electron chi connectivity index (χ1n) is 5.64. The molecule has 1 aromatic carbocycles. The molecule has 0 saturated heterocycles. The van der Waals surface area contributed by atoms with Crippen LogP contribution in [0.2, 0.25) is 0 Å². The van der Waals surface area contributed by atoms with Crippen molar-refractivity contribution in [1.29, 1.82) is 0 Å². The van der Waals surface area contributed by atoms with Gasteiger partial charge in [-0.05, 0) is 17.4 Å². The van der Waals surface area contributed by atoms with Crippen LogP contribution in [-0.4, -0.2) is 4.92 Å². The lowest BCUT2D eigenvalue weighted by molar-refractivity contribution is -0.385. The Hall–Kier alpha value is -1.38. The molecule has 16 heavy (non-hydrogen) atoms. The predicted molar refractivity (Wildman–Crippen MR) is 65.8 cm³/mol. The lowest BCUT2D eigenvalue weighted by Crippen LogP contribution is -2.15. The average molecular weight is 221 g/mol. The van der Waals surface area contributed by atoms with Gasteiger partial charge in [0.25, 0.3) is 5.69 Å². The summed E-state index contributed by atoms with van der Waals surface area (Å²) < 4.78 is 0. The normalized spacial score (nSPS) is 11.5. The molecule has 0 bridgehead atoms. The lowest BCUT2D eigenvalue weighted by Gasteiger charge is -2.22. The van der Waals surface area contributed by atoms with Gasteiger partial charge >= 0.3 is 0 Å². The fourth-order valence-corrected chi connectivity index (χ4v) is 1.96. The van der Waals surface area contributed by atoms with Gasteiger partial charge in [0.2, 0.25) is 0 Å². The molecular weight excluding hydrogens is 202 g/mol. The summed E-state index contributed by atoms with van der Waals surface area (Å²) in [6.07, 6.45) is 1.69. The zero-order chi connectivity index (χ0) is 12.3. The van der Waals surface area contributed by atoms with Crippen LogP contribution in [0.15, 0.2) is 18.2 Å². The Morgan fingerprint density at radius 1 is 1.31 bits per heavy atom. The van der Waals surface area contributed by atoms with E-state index in [1.54, 1.807) is 12.1 Å². The number of hydrogen-bond donors (Lipinski definition) is 0. The zero-order valence-electron chi connectivity index (χ0n) is 10.4. The Kier molecular flexibility index (Phi) is 3.68. The number of benzene rings is 1. The molecule has 0 heterocycles. The third-order valence-corrected chi connectivity index (χ3v) is 2.66. The summed E-state index contributed by atoms with van der Waals surface area (Å²) in [4.78, 5) is 10.7. The number of nitrogens with zero attached hydrogens (tertiary/aromatic N) is 1. The molecule has 88 valence electrons. The molecule has 3 heteroatoms. The second-order valence-electron chi connectivity index (χ2n) is 5.06. The van der Waals surface area contributed by atoms with Crippen LogP contribution in [-0.2, 0) is 11.8 Å². The van der Waals surface area contributed by atoms with Crippen molar-refractivity contribution in [2.75, 3.05) is 0 Å². The highest BCUT2D eigenvalue weighted by Gasteiger charge is 2.23. The molecule has 0 aromatic heterocycles. The predicted octanol–water partition coefficient (Wildman–Crippen LogP) is 3.84. The Bertz CT molecular complexity index is 391. The summed E-state index contributed by atoms with van der Waals surface area (Å²) >= 11 is 0. The van der Waals surface area contributed by atoms with E-state index in [4.69, 9.17) is 0 Å². The maximum Gasteiger partial charge on any atom is 0.272 e. The third kappa shape index (κ3) is 2.60. The second-order valence-corrected chi connectivity index (χ2v) is 5.06. The molecule has 0 aliphatic carbocycles. The van der Waals surface area contributed by atoms with Gasteiger partial charge in [0.1, 0.15) is 0 Å². The van der Waals surface area contributed by atoms with Crippen LogP contribution in [0.25, 0.3) is 0 Å². The minimum Gasteiger partial charge on any atom is -0.258 e. The molecule has 0 N–H and O–H groups in total. The topological polar surface area (TPSA) is 43.1 Å². The van der Waals surface area contributed by atoms with Crippen molar-refractivity contribution in [1.82, 2.24) is 0 Å². The number of nitro groups is 1. The highest BCUT2D eigenvalue weighted by molar-refractivity contribution is 5.48. The van der Waals surface area contributed by atoms with Crippen LogP contribution in [0, 0.1) is 10.1 Å². The molecular formula is C13H19NO2. The molecule has 0 amide bonds.